The Morgan fingerprint density at radius 3 is 2.12 bits per heavy atom. The van der Waals surface area contributed by atoms with Gasteiger partial charge in [-0.15, -0.1) is 0 Å². The summed E-state index contributed by atoms with van der Waals surface area (Å²) < 4.78 is 5.40. The molecule has 0 aliphatic rings. The van der Waals surface area contributed by atoms with Crippen molar-refractivity contribution in [3.63, 3.8) is 0 Å². The average Bonchev–Trinajstić information content (AvgIpc) is 2.26. The van der Waals surface area contributed by atoms with Gasteiger partial charge in [0.05, 0.1) is 5.60 Å². The Morgan fingerprint density at radius 2 is 1.65 bits per heavy atom. The van der Waals surface area contributed by atoms with Crippen molar-refractivity contribution >= 4 is 13.7 Å². The van der Waals surface area contributed by atoms with Crippen LogP contribution in [-0.2, 0) is 9.46 Å². The van der Waals surface area contributed by atoms with Crippen molar-refractivity contribution in [3.05, 3.63) is 35.9 Å². The molecule has 0 radical (unpaired) electrons. The molecule has 0 amide bonds. The van der Waals surface area contributed by atoms with Crippen LogP contribution in [0.15, 0.2) is 30.3 Å². The molecule has 0 saturated carbocycles. The molecule has 0 heterocycles. The highest BCUT2D eigenvalue weighted by molar-refractivity contribution is 7.01. The molecule has 17 heavy (non-hydrogen) atoms. The quantitative estimate of drug-likeness (QED) is 0.468. The maximum Gasteiger partial charge on any atom is 0.309 e. The van der Waals surface area contributed by atoms with Gasteiger partial charge in [0.2, 0.25) is 0 Å². The lowest BCUT2D eigenvalue weighted by Crippen LogP contribution is -2.43. The number of hydrogen-bond donors (Lipinski definition) is 0. The molecule has 4 heteroatoms. The first-order valence-electron chi connectivity index (χ1n) is 5.69. The molecule has 94 valence electrons. The number of rotatable bonds is 4. The van der Waals surface area contributed by atoms with Gasteiger partial charge in [-0.2, -0.15) is 0 Å². The number of carbonyl (C=O) groups excluding carboxylic acids is 1. The van der Waals surface area contributed by atoms with Gasteiger partial charge >= 0.3 is 8.32 Å². The first-order valence-corrected chi connectivity index (χ1v) is 8.60. The Morgan fingerprint density at radius 1 is 1.12 bits per heavy atom. The van der Waals surface area contributed by atoms with Crippen LogP contribution in [0, 0.1) is 0 Å². The second-order valence-corrected chi connectivity index (χ2v) is 9.13. The number of hydrogen-bond acceptors (Lipinski definition) is 3. The standard InChI is InChI=1S/C13H20O3Si/c1-13(2,3)15-16-17(4,5)12(14)11-9-7-6-8-10-11/h6-10H,1-5H3. The molecular weight excluding hydrogens is 232 g/mol. The van der Waals surface area contributed by atoms with Crippen LogP contribution in [0.25, 0.3) is 0 Å². The summed E-state index contributed by atoms with van der Waals surface area (Å²) in [5, 5.41) is 0.0438. The van der Waals surface area contributed by atoms with E-state index in [0.717, 1.165) is 0 Å². The molecule has 0 unspecified atom stereocenters. The molecule has 0 aliphatic heterocycles. The Balaban J connectivity index is 2.74. The third-order valence-corrected chi connectivity index (χ3v) is 3.97. The fourth-order valence-corrected chi connectivity index (χ4v) is 2.60. The van der Waals surface area contributed by atoms with Crippen molar-refractivity contribution in [1.29, 1.82) is 0 Å². The van der Waals surface area contributed by atoms with Gasteiger partial charge in [-0.1, -0.05) is 30.3 Å². The zero-order valence-electron chi connectivity index (χ0n) is 11.1. The van der Waals surface area contributed by atoms with Crippen molar-refractivity contribution in [2.75, 3.05) is 0 Å². The highest BCUT2D eigenvalue weighted by atomic mass is 28.4. The van der Waals surface area contributed by atoms with Gasteiger partial charge in [0.15, 0.2) is 5.41 Å². The smallest absolute Gasteiger partial charge is 0.297 e. The number of carbonyl (C=O) groups is 1. The molecule has 1 rings (SSSR count). The van der Waals surface area contributed by atoms with Gasteiger partial charge in [-0.25, -0.2) is 4.89 Å². The lowest BCUT2D eigenvalue weighted by Gasteiger charge is -2.25. The van der Waals surface area contributed by atoms with Crippen LogP contribution in [0.5, 0.6) is 0 Å². The van der Waals surface area contributed by atoms with Crippen LogP contribution in [0.4, 0.5) is 0 Å². The van der Waals surface area contributed by atoms with Gasteiger partial charge in [0.25, 0.3) is 0 Å². The molecule has 0 aliphatic carbocycles. The highest BCUT2D eigenvalue weighted by Gasteiger charge is 2.36. The molecule has 1 aromatic rings. The van der Waals surface area contributed by atoms with E-state index in [1.54, 1.807) is 12.1 Å². The molecule has 0 aromatic heterocycles. The largest absolute Gasteiger partial charge is 0.309 e. The van der Waals surface area contributed by atoms with Crippen LogP contribution in [-0.4, -0.2) is 19.3 Å². The van der Waals surface area contributed by atoms with Gasteiger partial charge in [-0.3, -0.25) is 9.37 Å². The Kier molecular flexibility index (Phi) is 4.24. The number of benzene rings is 1. The molecule has 0 saturated heterocycles. The minimum absolute atomic E-state index is 0.0438. The maximum atomic E-state index is 12.2. The van der Waals surface area contributed by atoms with E-state index >= 15 is 0 Å². The van der Waals surface area contributed by atoms with Gasteiger partial charge < -0.3 is 0 Å². The predicted molar refractivity (Wildman–Crippen MR) is 70.2 cm³/mol. The second-order valence-electron chi connectivity index (χ2n) is 5.48. The summed E-state index contributed by atoms with van der Waals surface area (Å²) >= 11 is 0. The zero-order chi connectivity index (χ0) is 13.1. The molecule has 3 nitrogen and oxygen atoms in total. The van der Waals surface area contributed by atoms with E-state index in [1.807, 2.05) is 52.1 Å². The normalized spacial score (nSPS) is 12.5. The van der Waals surface area contributed by atoms with Crippen molar-refractivity contribution in [1.82, 2.24) is 0 Å². The van der Waals surface area contributed by atoms with E-state index in [9.17, 15) is 4.79 Å². The lowest BCUT2D eigenvalue weighted by atomic mass is 10.2. The third-order valence-electron chi connectivity index (χ3n) is 2.08. The zero-order valence-corrected chi connectivity index (χ0v) is 12.1. The van der Waals surface area contributed by atoms with Crippen LogP contribution in [0.1, 0.15) is 31.1 Å². The van der Waals surface area contributed by atoms with Crippen molar-refractivity contribution < 1.29 is 14.3 Å². The van der Waals surface area contributed by atoms with Crippen LogP contribution in [0.3, 0.4) is 0 Å². The predicted octanol–water partition coefficient (Wildman–Crippen LogP) is 3.36. The van der Waals surface area contributed by atoms with Crippen molar-refractivity contribution in [3.8, 4) is 0 Å². The van der Waals surface area contributed by atoms with E-state index in [4.69, 9.17) is 9.46 Å². The summed E-state index contributed by atoms with van der Waals surface area (Å²) in [6.07, 6.45) is 0. The summed E-state index contributed by atoms with van der Waals surface area (Å²) in [5.74, 6) is 0. The first kappa shape index (κ1) is 14.1. The van der Waals surface area contributed by atoms with E-state index < -0.39 is 13.9 Å². The fraction of sp³-hybridized carbons (Fsp3) is 0.462. The molecule has 0 N–H and O–H groups in total. The van der Waals surface area contributed by atoms with Crippen LogP contribution in [0.2, 0.25) is 13.1 Å². The highest BCUT2D eigenvalue weighted by Crippen LogP contribution is 2.17. The molecular formula is C13H20O3Si. The molecule has 0 bridgehead atoms. The first-order chi connectivity index (χ1) is 7.72. The van der Waals surface area contributed by atoms with Crippen molar-refractivity contribution in [2.24, 2.45) is 0 Å². The van der Waals surface area contributed by atoms with E-state index in [1.165, 1.54) is 0 Å². The monoisotopic (exact) mass is 252 g/mol. The van der Waals surface area contributed by atoms with E-state index in [2.05, 4.69) is 0 Å². The Hall–Kier alpha value is -0.973. The van der Waals surface area contributed by atoms with Crippen molar-refractivity contribution in [2.45, 2.75) is 39.5 Å². The van der Waals surface area contributed by atoms with E-state index in [-0.39, 0.29) is 5.41 Å². The van der Waals surface area contributed by atoms with Gasteiger partial charge in [-0.05, 0) is 33.9 Å². The SMILES string of the molecule is CC(C)(C)OO[Si](C)(C)C(=O)c1ccccc1. The van der Waals surface area contributed by atoms with Gasteiger partial charge in [0.1, 0.15) is 0 Å². The van der Waals surface area contributed by atoms with Crippen LogP contribution >= 0.6 is 0 Å². The van der Waals surface area contributed by atoms with E-state index in [0.29, 0.717) is 5.56 Å². The summed E-state index contributed by atoms with van der Waals surface area (Å²) in [4.78, 5) is 17.5. The molecule has 1 aromatic carbocycles. The molecule has 0 fully saturated rings. The summed E-state index contributed by atoms with van der Waals surface area (Å²) in [5.41, 5.74) is 0.281. The second kappa shape index (κ2) is 5.12. The van der Waals surface area contributed by atoms with Gasteiger partial charge in [0, 0.05) is 5.56 Å². The molecule has 0 spiro atoms. The summed E-state index contributed by atoms with van der Waals surface area (Å²) in [6, 6.07) is 9.19. The average molecular weight is 252 g/mol. The Labute approximate surface area is 104 Å². The fourth-order valence-electron chi connectivity index (χ4n) is 1.20. The molecule has 0 atom stereocenters. The lowest BCUT2D eigenvalue weighted by molar-refractivity contribution is -0.283. The third kappa shape index (κ3) is 4.42. The topological polar surface area (TPSA) is 35.5 Å². The maximum absolute atomic E-state index is 12.2. The summed E-state index contributed by atoms with van der Waals surface area (Å²) in [6.45, 7) is 9.36. The van der Waals surface area contributed by atoms with Crippen LogP contribution < -0.4 is 0 Å². The Bertz CT molecular complexity index is 379. The minimum atomic E-state index is -2.52. The summed E-state index contributed by atoms with van der Waals surface area (Å²) in [7, 11) is -2.52. The minimum Gasteiger partial charge on any atom is -0.297 e.